The number of carbonyl (C=O) groups excluding carboxylic acids is 1. The maximum Gasteiger partial charge on any atom is 0.515 e. The molecule has 0 aliphatic rings. The number of carbonyl (C=O) groups is 1. The van der Waals surface area contributed by atoms with Crippen LogP contribution in [-0.4, -0.2) is 29.6 Å². The van der Waals surface area contributed by atoms with E-state index in [1.807, 2.05) is 0 Å². The van der Waals surface area contributed by atoms with Gasteiger partial charge >= 0.3 is 14.1 Å². The van der Waals surface area contributed by atoms with E-state index in [1.54, 1.807) is 0 Å². The monoisotopic (exact) mass is 496 g/mol. The van der Waals surface area contributed by atoms with Crippen LogP contribution >= 0.6 is 77.5 Å². The average molecular weight is 499 g/mol. The second kappa shape index (κ2) is 9.77. The largest absolute Gasteiger partial charge is 0.515 e. The maximum atomic E-state index is 10.5. The van der Waals surface area contributed by atoms with Crippen molar-refractivity contribution in [2.45, 2.75) is 85.7 Å². The van der Waals surface area contributed by atoms with Gasteiger partial charge in [0.05, 0.1) is 0 Å². The summed E-state index contributed by atoms with van der Waals surface area (Å²) in [5.74, 6) is 0. The Labute approximate surface area is 183 Å². The number of halogens is 6. The molecule has 0 aliphatic heterocycles. The van der Waals surface area contributed by atoms with Gasteiger partial charge in [-0.25, -0.2) is 4.79 Å². The van der Waals surface area contributed by atoms with E-state index in [0.29, 0.717) is 15.5 Å². The fraction of sp³-hybridized carbons (Fsp3) is 0.933. The fourth-order valence-corrected chi connectivity index (χ4v) is 9.64. The first-order valence-electron chi connectivity index (χ1n) is 7.33. The van der Waals surface area contributed by atoms with Crippen LogP contribution in [0.2, 0.25) is 0 Å². The number of hydrogen-bond donors (Lipinski definition) is 0. The molecule has 0 atom stereocenters. The van der Waals surface area contributed by atoms with Gasteiger partial charge < -0.3 is 9.47 Å². The van der Waals surface area contributed by atoms with Gasteiger partial charge in [-0.2, -0.15) is 0 Å². The van der Waals surface area contributed by atoms with Crippen LogP contribution in [0.3, 0.4) is 0 Å². The first-order chi connectivity index (χ1) is 10.5. The first-order valence-corrected chi connectivity index (χ1v) is 10.9. The van der Waals surface area contributed by atoms with Gasteiger partial charge in [0.1, 0.15) is 0 Å². The SMILES string of the molecule is CC(C)(C)P(C(C)(C)C)C(C)(C)C.O=C(OC(Cl)(Cl)Cl)OC(Cl)(Cl)Cl. The van der Waals surface area contributed by atoms with E-state index in [4.69, 9.17) is 69.6 Å². The average Bonchev–Trinajstić information content (AvgIpc) is 2.00. The van der Waals surface area contributed by atoms with Gasteiger partial charge in [0, 0.05) is 0 Å². The summed E-state index contributed by atoms with van der Waals surface area (Å²) in [6.07, 6.45) is -1.41. The third kappa shape index (κ3) is 16.1. The lowest BCUT2D eigenvalue weighted by molar-refractivity contribution is 0.0508. The lowest BCUT2D eigenvalue weighted by Crippen LogP contribution is -2.34. The molecule has 0 N–H and O–H groups in total. The summed E-state index contributed by atoms with van der Waals surface area (Å²) >= 11 is 30.2. The van der Waals surface area contributed by atoms with Crippen molar-refractivity contribution >= 4 is 83.7 Å². The van der Waals surface area contributed by atoms with E-state index in [9.17, 15) is 4.79 Å². The molecule has 0 bridgehead atoms. The van der Waals surface area contributed by atoms with Crippen LogP contribution in [0, 0.1) is 0 Å². The number of ether oxygens (including phenoxy) is 2. The smallest absolute Gasteiger partial charge is 0.382 e. The van der Waals surface area contributed by atoms with Crippen LogP contribution < -0.4 is 0 Å². The molecule has 0 spiro atoms. The molecule has 0 aromatic rings. The third-order valence-corrected chi connectivity index (χ3v) is 6.90. The number of rotatable bonds is 0. The molecule has 25 heavy (non-hydrogen) atoms. The molecular formula is C15H27Cl6O3P. The molecule has 3 nitrogen and oxygen atoms in total. The molecule has 0 aromatic heterocycles. The quantitative estimate of drug-likeness (QED) is 0.190. The fourth-order valence-electron chi connectivity index (χ4n) is 3.23. The molecule has 0 saturated carbocycles. The molecule has 0 aliphatic carbocycles. The van der Waals surface area contributed by atoms with Gasteiger partial charge in [0.25, 0.3) is 0 Å². The van der Waals surface area contributed by atoms with Crippen molar-refractivity contribution in [3.8, 4) is 0 Å². The van der Waals surface area contributed by atoms with Gasteiger partial charge in [0.15, 0.2) is 0 Å². The molecule has 0 saturated heterocycles. The summed E-state index contributed by atoms with van der Waals surface area (Å²) in [7, 11) is 0.0162. The van der Waals surface area contributed by atoms with Crippen molar-refractivity contribution in [3.05, 3.63) is 0 Å². The van der Waals surface area contributed by atoms with Crippen molar-refractivity contribution < 1.29 is 14.3 Å². The van der Waals surface area contributed by atoms with Crippen molar-refractivity contribution in [1.29, 1.82) is 0 Å². The van der Waals surface area contributed by atoms with Crippen LogP contribution in [0.4, 0.5) is 4.79 Å². The minimum Gasteiger partial charge on any atom is -0.382 e. The molecule has 0 rings (SSSR count). The maximum absolute atomic E-state index is 10.5. The van der Waals surface area contributed by atoms with Crippen molar-refractivity contribution in [3.63, 3.8) is 0 Å². The highest BCUT2D eigenvalue weighted by molar-refractivity contribution is 7.62. The summed E-state index contributed by atoms with van der Waals surface area (Å²) < 4.78 is 3.50. The van der Waals surface area contributed by atoms with Crippen LogP contribution in [0.25, 0.3) is 0 Å². The lowest BCUT2D eigenvalue weighted by atomic mass is 10.2. The third-order valence-electron chi connectivity index (χ3n) is 2.41. The van der Waals surface area contributed by atoms with E-state index in [0.717, 1.165) is 0 Å². The Bertz CT molecular complexity index is 374. The van der Waals surface area contributed by atoms with Gasteiger partial charge in [-0.1, -0.05) is 70.2 Å². The van der Waals surface area contributed by atoms with E-state index in [1.165, 1.54) is 0 Å². The van der Waals surface area contributed by atoms with Crippen molar-refractivity contribution in [1.82, 2.24) is 0 Å². The summed E-state index contributed by atoms with van der Waals surface area (Å²) in [6, 6.07) is 0. The molecule has 0 unspecified atom stereocenters. The van der Waals surface area contributed by atoms with E-state index >= 15 is 0 Å². The molecule has 0 heterocycles. The van der Waals surface area contributed by atoms with Crippen LogP contribution in [0.1, 0.15) is 62.3 Å². The minimum atomic E-state index is -2.24. The topological polar surface area (TPSA) is 35.5 Å². The standard InChI is InChI=1S/C12H27P.C3Cl6O3/c1-10(2,3)13(11(4,5)6)12(7,8)9;4-2(5,6)11-1(10)12-3(7,8)9/h1-9H3;. The predicted molar refractivity (Wildman–Crippen MR) is 114 cm³/mol. The van der Waals surface area contributed by atoms with Crippen LogP contribution in [-0.2, 0) is 9.47 Å². The van der Waals surface area contributed by atoms with Crippen LogP contribution in [0.15, 0.2) is 0 Å². The highest BCUT2D eigenvalue weighted by Gasteiger charge is 2.41. The Kier molecular flexibility index (Phi) is 11.2. The summed E-state index contributed by atoms with van der Waals surface area (Å²) in [5.41, 5.74) is 0. The molecule has 0 aromatic carbocycles. The minimum absolute atomic E-state index is 0.0162. The Hall–Kier alpha value is 1.44. The molecule has 0 fully saturated rings. The van der Waals surface area contributed by atoms with Gasteiger partial charge in [0.2, 0.25) is 0 Å². The molecular weight excluding hydrogens is 472 g/mol. The summed E-state index contributed by atoms with van der Waals surface area (Å²) in [5, 5.41) is 1.35. The number of hydrogen-bond acceptors (Lipinski definition) is 3. The Morgan fingerprint density at radius 2 is 0.800 bits per heavy atom. The van der Waals surface area contributed by atoms with E-state index < -0.39 is 14.1 Å². The molecule has 0 radical (unpaired) electrons. The Morgan fingerprint density at radius 1 is 0.600 bits per heavy atom. The second-order valence-electron chi connectivity index (χ2n) is 8.19. The van der Waals surface area contributed by atoms with Gasteiger partial charge in [-0.15, -0.1) is 0 Å². The van der Waals surface area contributed by atoms with Crippen molar-refractivity contribution in [2.24, 2.45) is 0 Å². The highest BCUT2D eigenvalue weighted by Crippen LogP contribution is 2.66. The lowest BCUT2D eigenvalue weighted by Gasteiger charge is -2.49. The zero-order valence-corrected chi connectivity index (χ0v) is 21.4. The Balaban J connectivity index is 0. The zero-order valence-electron chi connectivity index (χ0n) is 15.9. The van der Waals surface area contributed by atoms with Crippen molar-refractivity contribution in [2.75, 3.05) is 0 Å². The highest BCUT2D eigenvalue weighted by atomic mass is 35.6. The molecule has 152 valence electrons. The molecule has 10 heteroatoms. The van der Waals surface area contributed by atoms with Gasteiger partial charge in [-0.05, 0) is 85.1 Å². The van der Waals surface area contributed by atoms with Gasteiger partial charge in [-0.3, -0.25) is 0 Å². The Morgan fingerprint density at radius 3 is 0.880 bits per heavy atom. The molecule has 0 amide bonds. The predicted octanol–water partition coefficient (Wildman–Crippen LogP) is 8.66. The number of alkyl halides is 6. The summed E-state index contributed by atoms with van der Waals surface area (Å²) in [4.78, 5) is 10.5. The van der Waals surface area contributed by atoms with E-state index in [2.05, 4.69) is 71.8 Å². The van der Waals surface area contributed by atoms with Crippen LogP contribution in [0.5, 0.6) is 0 Å². The normalized spacial score (nSPS) is 13.9. The van der Waals surface area contributed by atoms with E-state index in [-0.39, 0.29) is 7.92 Å². The zero-order chi connectivity index (χ0) is 21.1. The first kappa shape index (κ1) is 28.6. The second-order valence-corrected chi connectivity index (χ2v) is 17.2. The summed E-state index contributed by atoms with van der Waals surface area (Å²) in [6.45, 7) is 21.5.